The summed E-state index contributed by atoms with van der Waals surface area (Å²) in [5, 5.41) is 10.5. The SMILES string of the molecule is COc1cc(C)c2[nH]ccc2c1CN1CCC2(COC2)C[C@H]1c1ccc(C(=O)O)cc1. The van der Waals surface area contributed by atoms with Crippen LogP contribution < -0.4 is 4.74 Å². The van der Waals surface area contributed by atoms with E-state index < -0.39 is 5.97 Å². The molecule has 31 heavy (non-hydrogen) atoms. The van der Waals surface area contributed by atoms with Crippen LogP contribution in [0.25, 0.3) is 10.9 Å². The molecule has 5 rings (SSSR count). The van der Waals surface area contributed by atoms with Crippen LogP contribution in [0.2, 0.25) is 0 Å². The van der Waals surface area contributed by atoms with Crippen molar-refractivity contribution >= 4 is 16.9 Å². The molecule has 0 amide bonds. The molecule has 2 fully saturated rings. The lowest BCUT2D eigenvalue weighted by Crippen LogP contribution is -2.51. The van der Waals surface area contributed by atoms with Gasteiger partial charge in [-0.15, -0.1) is 0 Å². The number of likely N-dealkylation sites (tertiary alicyclic amines) is 1. The van der Waals surface area contributed by atoms with E-state index in [1.807, 2.05) is 18.3 Å². The lowest BCUT2D eigenvalue weighted by atomic mass is 9.72. The van der Waals surface area contributed by atoms with Crippen LogP contribution in [0, 0.1) is 12.3 Å². The number of carboxylic acids is 1. The first-order chi connectivity index (χ1) is 15.0. The average molecular weight is 421 g/mol. The Balaban J connectivity index is 1.51. The van der Waals surface area contributed by atoms with Crippen molar-refractivity contribution in [1.29, 1.82) is 0 Å². The molecule has 162 valence electrons. The molecule has 0 unspecified atom stereocenters. The maximum Gasteiger partial charge on any atom is 0.335 e. The number of H-pyrrole nitrogens is 1. The molecule has 1 aromatic heterocycles. The number of hydrogen-bond donors (Lipinski definition) is 2. The maximum atomic E-state index is 11.3. The molecular formula is C25H28N2O4. The van der Waals surface area contributed by atoms with Gasteiger partial charge >= 0.3 is 5.97 Å². The Bertz CT molecular complexity index is 1110. The lowest BCUT2D eigenvalue weighted by Gasteiger charge is -2.51. The number of aromatic amines is 1. The largest absolute Gasteiger partial charge is 0.496 e. The Morgan fingerprint density at radius 2 is 2.06 bits per heavy atom. The number of methoxy groups -OCH3 is 1. The number of nitrogens with one attached hydrogen (secondary N) is 1. The van der Waals surface area contributed by atoms with E-state index in [1.165, 1.54) is 16.5 Å². The standard InChI is InChI=1S/C25H28N2O4/c1-16-11-22(30-2)20(19-7-9-26-23(16)19)13-27-10-8-25(14-31-15-25)12-21(27)17-3-5-18(6-4-17)24(28)29/h3-7,9,11,21,26H,8,10,12-15H2,1-2H3,(H,28,29)/t21-/m0/s1. The van der Waals surface area contributed by atoms with Crippen LogP contribution in [0.3, 0.4) is 0 Å². The molecule has 2 aliphatic heterocycles. The quantitative estimate of drug-likeness (QED) is 0.634. The fourth-order valence-corrected chi connectivity index (χ4v) is 5.18. The molecule has 2 aliphatic rings. The average Bonchev–Trinajstić information content (AvgIpc) is 3.25. The van der Waals surface area contributed by atoms with Gasteiger partial charge in [-0.3, -0.25) is 4.90 Å². The molecule has 3 heterocycles. The molecule has 2 N–H and O–H groups in total. The molecule has 0 radical (unpaired) electrons. The molecule has 6 heteroatoms. The molecule has 1 spiro atoms. The number of carboxylic acid groups (broad SMARTS) is 1. The first-order valence-corrected chi connectivity index (χ1v) is 10.8. The topological polar surface area (TPSA) is 74.8 Å². The predicted molar refractivity (Wildman–Crippen MR) is 119 cm³/mol. The van der Waals surface area contributed by atoms with E-state index in [1.54, 1.807) is 19.2 Å². The van der Waals surface area contributed by atoms with E-state index in [2.05, 4.69) is 28.9 Å². The summed E-state index contributed by atoms with van der Waals surface area (Å²) < 4.78 is 11.4. The molecule has 2 saturated heterocycles. The maximum absolute atomic E-state index is 11.3. The van der Waals surface area contributed by atoms with Crippen LogP contribution in [0.15, 0.2) is 42.6 Å². The fourth-order valence-electron chi connectivity index (χ4n) is 5.18. The van der Waals surface area contributed by atoms with Gasteiger partial charge in [0.1, 0.15) is 5.75 Å². The summed E-state index contributed by atoms with van der Waals surface area (Å²) in [5.41, 5.74) is 5.24. The minimum absolute atomic E-state index is 0.209. The first kappa shape index (κ1) is 20.1. The van der Waals surface area contributed by atoms with Crippen molar-refractivity contribution in [3.05, 3.63) is 64.8 Å². The number of piperidine rings is 1. The zero-order valence-electron chi connectivity index (χ0n) is 18.0. The fraction of sp³-hybridized carbons (Fsp3) is 0.400. The second-order valence-electron chi connectivity index (χ2n) is 9.00. The Morgan fingerprint density at radius 1 is 1.29 bits per heavy atom. The van der Waals surface area contributed by atoms with Gasteiger partial charge in [0.05, 0.1) is 25.9 Å². The molecule has 0 bridgehead atoms. The highest BCUT2D eigenvalue weighted by atomic mass is 16.5. The number of aromatic carboxylic acids is 1. The number of aryl methyl sites for hydroxylation is 1. The van der Waals surface area contributed by atoms with Crippen LogP contribution in [0.4, 0.5) is 0 Å². The highest BCUT2D eigenvalue weighted by Gasteiger charge is 2.45. The Morgan fingerprint density at radius 3 is 2.71 bits per heavy atom. The van der Waals surface area contributed by atoms with Crippen LogP contribution in [-0.2, 0) is 11.3 Å². The highest BCUT2D eigenvalue weighted by Crippen LogP contribution is 2.47. The smallest absolute Gasteiger partial charge is 0.335 e. The van der Waals surface area contributed by atoms with E-state index in [4.69, 9.17) is 9.47 Å². The van der Waals surface area contributed by atoms with Crippen molar-refractivity contribution in [3.8, 4) is 5.75 Å². The molecule has 2 aromatic carbocycles. The lowest BCUT2D eigenvalue weighted by molar-refractivity contribution is -0.153. The third kappa shape index (κ3) is 3.50. The summed E-state index contributed by atoms with van der Waals surface area (Å²) >= 11 is 0. The van der Waals surface area contributed by atoms with Gasteiger partial charge in [-0.2, -0.15) is 0 Å². The number of aromatic nitrogens is 1. The van der Waals surface area contributed by atoms with Crippen LogP contribution in [-0.4, -0.2) is 47.8 Å². The van der Waals surface area contributed by atoms with E-state index >= 15 is 0 Å². The molecule has 3 aromatic rings. The van der Waals surface area contributed by atoms with Gasteiger partial charge in [0.2, 0.25) is 0 Å². The number of ether oxygens (including phenoxy) is 2. The van der Waals surface area contributed by atoms with Crippen molar-refractivity contribution in [3.63, 3.8) is 0 Å². The molecule has 0 saturated carbocycles. The van der Waals surface area contributed by atoms with Crippen molar-refractivity contribution < 1.29 is 19.4 Å². The second-order valence-corrected chi connectivity index (χ2v) is 9.00. The van der Waals surface area contributed by atoms with Gasteiger partial charge in [-0.25, -0.2) is 4.79 Å². The van der Waals surface area contributed by atoms with Gasteiger partial charge in [0.15, 0.2) is 0 Å². The third-order valence-corrected chi connectivity index (χ3v) is 7.05. The summed E-state index contributed by atoms with van der Waals surface area (Å²) in [4.78, 5) is 17.2. The predicted octanol–water partition coefficient (Wildman–Crippen LogP) is 4.54. The van der Waals surface area contributed by atoms with E-state index in [0.717, 1.165) is 56.0 Å². The summed E-state index contributed by atoms with van der Waals surface area (Å²) in [6.07, 6.45) is 4.12. The Hall–Kier alpha value is -2.83. The van der Waals surface area contributed by atoms with Crippen molar-refractivity contribution in [2.24, 2.45) is 5.41 Å². The zero-order valence-corrected chi connectivity index (χ0v) is 18.0. The normalized spacial score (nSPS) is 20.6. The Labute approximate surface area is 181 Å². The first-order valence-electron chi connectivity index (χ1n) is 10.8. The Kier molecular flexibility index (Phi) is 4.99. The van der Waals surface area contributed by atoms with Crippen molar-refractivity contribution in [1.82, 2.24) is 9.88 Å². The number of fused-ring (bicyclic) bond motifs is 1. The monoisotopic (exact) mass is 420 g/mol. The number of benzene rings is 2. The number of hydrogen-bond acceptors (Lipinski definition) is 4. The minimum Gasteiger partial charge on any atom is -0.496 e. The highest BCUT2D eigenvalue weighted by molar-refractivity contribution is 5.88. The van der Waals surface area contributed by atoms with Crippen LogP contribution in [0.1, 0.15) is 45.9 Å². The minimum atomic E-state index is -0.893. The number of carbonyl (C=O) groups is 1. The van der Waals surface area contributed by atoms with E-state index in [0.29, 0.717) is 5.56 Å². The van der Waals surface area contributed by atoms with E-state index in [9.17, 15) is 9.90 Å². The number of nitrogens with zero attached hydrogens (tertiary/aromatic N) is 1. The summed E-state index contributed by atoms with van der Waals surface area (Å²) in [5.74, 6) is 0.0204. The molecule has 0 aliphatic carbocycles. The van der Waals surface area contributed by atoms with Gasteiger partial charge < -0.3 is 19.6 Å². The zero-order chi connectivity index (χ0) is 21.6. The molecular weight excluding hydrogens is 392 g/mol. The van der Waals surface area contributed by atoms with E-state index in [-0.39, 0.29) is 11.5 Å². The van der Waals surface area contributed by atoms with Gasteiger partial charge in [0, 0.05) is 40.7 Å². The van der Waals surface area contributed by atoms with Crippen molar-refractivity contribution in [2.45, 2.75) is 32.4 Å². The summed E-state index contributed by atoms with van der Waals surface area (Å²) in [7, 11) is 1.73. The van der Waals surface area contributed by atoms with Crippen molar-refractivity contribution in [2.75, 3.05) is 26.9 Å². The summed E-state index contributed by atoms with van der Waals surface area (Å²) in [6.45, 7) is 5.48. The second kappa shape index (κ2) is 7.70. The van der Waals surface area contributed by atoms with Crippen LogP contribution >= 0.6 is 0 Å². The van der Waals surface area contributed by atoms with Crippen LogP contribution in [0.5, 0.6) is 5.75 Å². The third-order valence-electron chi connectivity index (χ3n) is 7.05. The molecule has 6 nitrogen and oxygen atoms in total. The molecule has 1 atom stereocenters. The van der Waals surface area contributed by atoms with Gasteiger partial charge in [0.25, 0.3) is 0 Å². The van der Waals surface area contributed by atoms with Gasteiger partial charge in [-0.05, 0) is 61.7 Å². The van der Waals surface area contributed by atoms with Gasteiger partial charge in [-0.1, -0.05) is 12.1 Å². The number of rotatable bonds is 5. The summed E-state index contributed by atoms with van der Waals surface area (Å²) in [6, 6.07) is 11.8.